The number of carbonyl (C=O) groups is 2. The summed E-state index contributed by atoms with van der Waals surface area (Å²) in [5.74, 6) is 0.615. The van der Waals surface area contributed by atoms with E-state index in [1.54, 1.807) is 4.68 Å². The second kappa shape index (κ2) is 11.9. The van der Waals surface area contributed by atoms with Crippen LogP contribution in [0.15, 0.2) is 48.8 Å². The topological polar surface area (TPSA) is 67.2 Å². The second-order valence-corrected chi connectivity index (χ2v) is 11.1. The maximum Gasteiger partial charge on any atom is 0.242 e. The molecule has 1 aliphatic carbocycles. The van der Waals surface area contributed by atoms with Gasteiger partial charge in [-0.05, 0) is 75.3 Å². The van der Waals surface area contributed by atoms with Gasteiger partial charge in [-0.2, -0.15) is 5.10 Å². The first-order valence-electron chi connectivity index (χ1n) is 13.6. The molecule has 2 heterocycles. The summed E-state index contributed by atoms with van der Waals surface area (Å²) in [6.07, 6.45) is 11.4. The molecule has 1 aliphatic heterocycles. The molecule has 0 radical (unpaired) electrons. The number of nitrogens with zero attached hydrogens (tertiary/aromatic N) is 3. The molecule has 36 heavy (non-hydrogen) atoms. The summed E-state index contributed by atoms with van der Waals surface area (Å²) in [7, 11) is 1.91. The first-order valence-corrected chi connectivity index (χ1v) is 13.6. The lowest BCUT2D eigenvalue weighted by molar-refractivity contribution is -0.143. The molecule has 0 bridgehead atoms. The molecule has 2 aliphatic rings. The third-order valence-electron chi connectivity index (χ3n) is 8.03. The van der Waals surface area contributed by atoms with Crippen LogP contribution in [0.3, 0.4) is 0 Å². The Labute approximate surface area is 216 Å². The molecular formula is C30H42N4O2. The van der Waals surface area contributed by atoms with Crippen molar-refractivity contribution in [3.05, 3.63) is 65.5 Å². The van der Waals surface area contributed by atoms with Gasteiger partial charge in [-0.1, -0.05) is 54.8 Å². The van der Waals surface area contributed by atoms with Gasteiger partial charge in [-0.3, -0.25) is 14.3 Å². The van der Waals surface area contributed by atoms with E-state index in [0.717, 1.165) is 56.9 Å². The summed E-state index contributed by atoms with van der Waals surface area (Å²) in [5, 5.41) is 7.35. The number of nitrogens with one attached hydrogen (secondary N) is 1. The van der Waals surface area contributed by atoms with Crippen molar-refractivity contribution in [1.82, 2.24) is 20.0 Å². The average molecular weight is 491 g/mol. The lowest BCUT2D eigenvalue weighted by Gasteiger charge is -2.35. The zero-order chi connectivity index (χ0) is 25.7. The molecule has 2 amide bonds. The number of amides is 2. The molecule has 1 aromatic heterocycles. The van der Waals surface area contributed by atoms with Crippen molar-refractivity contribution >= 4 is 11.8 Å². The quantitative estimate of drug-likeness (QED) is 0.412. The van der Waals surface area contributed by atoms with Crippen LogP contribution in [0.1, 0.15) is 62.1 Å². The molecule has 1 saturated carbocycles. The zero-order valence-corrected chi connectivity index (χ0v) is 22.2. The lowest BCUT2D eigenvalue weighted by atomic mass is 9.75. The van der Waals surface area contributed by atoms with Crippen LogP contribution >= 0.6 is 0 Å². The highest BCUT2D eigenvalue weighted by Crippen LogP contribution is 2.38. The maximum absolute atomic E-state index is 13.9. The molecule has 6 nitrogen and oxygen atoms in total. The molecular weight excluding hydrogens is 448 g/mol. The third kappa shape index (κ3) is 6.45. The minimum Gasteiger partial charge on any atom is -0.354 e. The first-order chi connectivity index (χ1) is 17.3. The van der Waals surface area contributed by atoms with E-state index in [2.05, 4.69) is 48.2 Å². The minimum absolute atomic E-state index is 0.0105. The van der Waals surface area contributed by atoms with Crippen molar-refractivity contribution in [2.45, 2.75) is 71.3 Å². The Hall–Kier alpha value is -2.89. The summed E-state index contributed by atoms with van der Waals surface area (Å²) in [5.41, 5.74) is 4.78. The number of carbonyl (C=O) groups excluding carboxylic acids is 2. The predicted octanol–water partition coefficient (Wildman–Crippen LogP) is 4.62. The Morgan fingerprint density at radius 2 is 1.83 bits per heavy atom. The van der Waals surface area contributed by atoms with Crippen molar-refractivity contribution in [3.8, 4) is 0 Å². The largest absolute Gasteiger partial charge is 0.354 e. The highest BCUT2D eigenvalue weighted by atomic mass is 16.2. The second-order valence-electron chi connectivity index (χ2n) is 11.1. The van der Waals surface area contributed by atoms with Crippen LogP contribution in [-0.2, 0) is 29.5 Å². The number of hydrogen-bond acceptors (Lipinski definition) is 3. The van der Waals surface area contributed by atoms with Crippen molar-refractivity contribution < 1.29 is 9.59 Å². The Morgan fingerprint density at radius 1 is 1.11 bits per heavy atom. The van der Waals surface area contributed by atoms with Gasteiger partial charge in [0.25, 0.3) is 0 Å². The molecule has 1 aromatic carbocycles. The number of aryl methyl sites for hydroxylation is 3. The van der Waals surface area contributed by atoms with E-state index < -0.39 is 0 Å². The maximum atomic E-state index is 13.9. The molecule has 2 fully saturated rings. The molecule has 1 saturated heterocycles. The number of hydrogen-bond donors (Lipinski definition) is 1. The number of aromatic nitrogens is 2. The van der Waals surface area contributed by atoms with Crippen LogP contribution in [0.2, 0.25) is 0 Å². The fourth-order valence-corrected chi connectivity index (χ4v) is 6.07. The average Bonchev–Trinajstić information content (AvgIpc) is 3.48. The van der Waals surface area contributed by atoms with Gasteiger partial charge in [0.2, 0.25) is 11.8 Å². The summed E-state index contributed by atoms with van der Waals surface area (Å²) in [4.78, 5) is 29.2. The fraction of sp³-hybridized carbons (Fsp3) is 0.567. The van der Waals surface area contributed by atoms with Crippen molar-refractivity contribution in [3.63, 3.8) is 0 Å². The number of likely N-dealkylation sites (tertiary alicyclic amines) is 1. The van der Waals surface area contributed by atoms with Gasteiger partial charge in [0.15, 0.2) is 0 Å². The molecule has 194 valence electrons. The smallest absolute Gasteiger partial charge is 0.242 e. The molecule has 1 N–H and O–H groups in total. The van der Waals surface area contributed by atoms with E-state index in [1.165, 1.54) is 16.7 Å². The highest BCUT2D eigenvalue weighted by molar-refractivity contribution is 5.89. The lowest BCUT2D eigenvalue weighted by Crippen LogP contribution is -2.49. The van der Waals surface area contributed by atoms with Crippen molar-refractivity contribution in [1.29, 1.82) is 0 Å². The monoisotopic (exact) mass is 490 g/mol. The van der Waals surface area contributed by atoms with E-state index in [4.69, 9.17) is 0 Å². The van der Waals surface area contributed by atoms with Gasteiger partial charge < -0.3 is 10.2 Å². The third-order valence-corrected chi connectivity index (χ3v) is 8.03. The van der Waals surface area contributed by atoms with Gasteiger partial charge in [0.1, 0.15) is 6.04 Å². The Kier molecular flexibility index (Phi) is 8.65. The zero-order valence-electron chi connectivity index (χ0n) is 22.2. The molecule has 1 unspecified atom stereocenters. The molecule has 0 spiro atoms. The van der Waals surface area contributed by atoms with Gasteiger partial charge in [-0.25, -0.2) is 0 Å². The van der Waals surface area contributed by atoms with E-state index in [-0.39, 0.29) is 35.6 Å². The van der Waals surface area contributed by atoms with Crippen molar-refractivity contribution in [2.75, 3.05) is 13.1 Å². The van der Waals surface area contributed by atoms with Crippen LogP contribution in [0.4, 0.5) is 0 Å². The van der Waals surface area contributed by atoms with E-state index >= 15 is 0 Å². The normalized spacial score (nSPS) is 24.0. The van der Waals surface area contributed by atoms with Crippen LogP contribution in [0.25, 0.3) is 0 Å². The molecule has 6 heteroatoms. The van der Waals surface area contributed by atoms with Crippen molar-refractivity contribution in [2.24, 2.45) is 24.8 Å². The van der Waals surface area contributed by atoms with Crippen LogP contribution in [0, 0.1) is 24.7 Å². The first kappa shape index (κ1) is 26.2. The number of benzene rings is 1. The van der Waals surface area contributed by atoms with Gasteiger partial charge in [-0.15, -0.1) is 0 Å². The minimum atomic E-state index is -0.390. The molecule has 4 atom stereocenters. The van der Waals surface area contributed by atoms with Crippen LogP contribution in [-0.4, -0.2) is 45.6 Å². The van der Waals surface area contributed by atoms with Gasteiger partial charge in [0, 0.05) is 32.3 Å². The molecule has 2 aromatic rings. The number of rotatable bonds is 9. The predicted molar refractivity (Wildman–Crippen MR) is 143 cm³/mol. The van der Waals surface area contributed by atoms with E-state index in [1.807, 2.05) is 31.3 Å². The Bertz CT molecular complexity index is 1060. The molecule has 4 rings (SSSR count). The summed E-state index contributed by atoms with van der Waals surface area (Å²) < 4.78 is 1.80. The number of allylic oxidation sites excluding steroid dienone is 1. The van der Waals surface area contributed by atoms with E-state index in [0.29, 0.717) is 13.1 Å². The summed E-state index contributed by atoms with van der Waals surface area (Å²) >= 11 is 0. The van der Waals surface area contributed by atoms with Gasteiger partial charge >= 0.3 is 0 Å². The Balaban J connectivity index is 1.43. The SMILES string of the molecule is C=C(C)[C@H]1CCCC[C@H]1C(=O)N1C[C@H](Cc2ccc(C)cc2)CC1C(=O)NCCCc1cnn(C)c1. The summed E-state index contributed by atoms with van der Waals surface area (Å²) in [6.45, 7) is 9.59. The van der Waals surface area contributed by atoms with Crippen LogP contribution < -0.4 is 5.32 Å². The van der Waals surface area contributed by atoms with Gasteiger partial charge in [0.05, 0.1) is 6.20 Å². The highest BCUT2D eigenvalue weighted by Gasteiger charge is 2.43. The standard InChI is InChI=1S/C30H42N4O2/c1-21(2)26-9-5-6-10-27(26)30(36)34-20-25(16-23-13-11-22(3)12-14-23)17-28(34)29(35)31-15-7-8-24-18-32-33(4)19-24/h11-14,18-19,25-28H,1,5-10,15-17,20H2,2-4H3,(H,31,35)/t25-,26-,27-,28?/m1/s1. The van der Waals surface area contributed by atoms with Crippen LogP contribution in [0.5, 0.6) is 0 Å². The summed E-state index contributed by atoms with van der Waals surface area (Å²) in [6, 6.07) is 8.23. The fourth-order valence-electron chi connectivity index (χ4n) is 6.07. The Morgan fingerprint density at radius 3 is 2.50 bits per heavy atom. The van der Waals surface area contributed by atoms with E-state index in [9.17, 15) is 9.59 Å².